The van der Waals surface area contributed by atoms with Gasteiger partial charge in [0.2, 0.25) is 11.6 Å². The van der Waals surface area contributed by atoms with Crippen molar-refractivity contribution >= 4 is 27.9 Å². The summed E-state index contributed by atoms with van der Waals surface area (Å²) in [6.07, 6.45) is 4.35. The fourth-order valence-corrected chi connectivity index (χ4v) is 4.13. The van der Waals surface area contributed by atoms with E-state index in [2.05, 4.69) is 15.1 Å². The molecule has 21 heavy (non-hydrogen) atoms. The van der Waals surface area contributed by atoms with E-state index in [-0.39, 0.29) is 5.91 Å². The molecule has 5 nitrogen and oxygen atoms in total. The molecule has 0 atom stereocenters. The van der Waals surface area contributed by atoms with Gasteiger partial charge in [-0.3, -0.25) is 9.69 Å². The lowest BCUT2D eigenvalue weighted by Crippen LogP contribution is -2.41. The standard InChI is InChI=1S/C15H19N3O2S/c1-16-14-11-4-2-3-5-12(11)21-15(14)17-13(19)10-18-6-8-20-9-7-18/h2-10H2,(H,17,19). The summed E-state index contributed by atoms with van der Waals surface area (Å²) in [6, 6.07) is 0. The van der Waals surface area contributed by atoms with E-state index in [0.29, 0.717) is 25.4 Å². The zero-order valence-corrected chi connectivity index (χ0v) is 12.8. The van der Waals surface area contributed by atoms with Crippen LogP contribution in [0.3, 0.4) is 0 Å². The van der Waals surface area contributed by atoms with Crippen LogP contribution in [0, 0.1) is 6.57 Å². The Morgan fingerprint density at radius 1 is 1.33 bits per heavy atom. The Bertz CT molecular complexity index is 570. The van der Waals surface area contributed by atoms with E-state index in [1.54, 1.807) is 11.3 Å². The summed E-state index contributed by atoms with van der Waals surface area (Å²) in [5.74, 6) is -0.0274. The first kappa shape index (κ1) is 14.5. The number of amides is 1. The van der Waals surface area contributed by atoms with Gasteiger partial charge in [0.05, 0.1) is 26.3 Å². The van der Waals surface area contributed by atoms with Crippen molar-refractivity contribution in [2.75, 3.05) is 38.2 Å². The number of nitrogens with zero attached hydrogens (tertiary/aromatic N) is 2. The number of rotatable bonds is 3. The maximum absolute atomic E-state index is 12.2. The minimum Gasteiger partial charge on any atom is -0.379 e. The highest BCUT2D eigenvalue weighted by atomic mass is 32.1. The van der Waals surface area contributed by atoms with Crippen LogP contribution in [0.2, 0.25) is 0 Å². The first-order chi connectivity index (χ1) is 10.3. The number of aryl methyl sites for hydroxylation is 1. The van der Waals surface area contributed by atoms with E-state index in [1.165, 1.54) is 16.9 Å². The van der Waals surface area contributed by atoms with E-state index in [9.17, 15) is 4.79 Å². The van der Waals surface area contributed by atoms with Gasteiger partial charge in [-0.05, 0) is 29.7 Å². The van der Waals surface area contributed by atoms with Crippen LogP contribution >= 0.6 is 11.3 Å². The number of fused-ring (bicyclic) bond motifs is 1. The Morgan fingerprint density at radius 2 is 2.10 bits per heavy atom. The van der Waals surface area contributed by atoms with Gasteiger partial charge in [0.15, 0.2) is 0 Å². The maximum atomic E-state index is 12.2. The van der Waals surface area contributed by atoms with Crippen molar-refractivity contribution in [3.63, 3.8) is 0 Å². The molecule has 0 aromatic carbocycles. The zero-order chi connectivity index (χ0) is 14.7. The van der Waals surface area contributed by atoms with Crippen LogP contribution in [0.15, 0.2) is 0 Å². The normalized spacial score (nSPS) is 18.8. The minimum absolute atomic E-state index is 0.0274. The van der Waals surface area contributed by atoms with Crippen LogP contribution in [-0.4, -0.2) is 43.7 Å². The second-order valence-electron chi connectivity index (χ2n) is 5.44. The summed E-state index contributed by atoms with van der Waals surface area (Å²) in [5.41, 5.74) is 1.84. The average molecular weight is 305 g/mol. The lowest BCUT2D eigenvalue weighted by atomic mass is 9.98. The van der Waals surface area contributed by atoms with Crippen LogP contribution in [0.5, 0.6) is 0 Å². The molecule has 1 aliphatic carbocycles. The number of anilines is 1. The van der Waals surface area contributed by atoms with Crippen molar-refractivity contribution in [2.45, 2.75) is 25.7 Å². The Labute approximate surface area is 128 Å². The van der Waals surface area contributed by atoms with Gasteiger partial charge in [0, 0.05) is 13.1 Å². The average Bonchev–Trinajstić information content (AvgIpc) is 2.85. The predicted octanol–water partition coefficient (Wildman–Crippen LogP) is 2.45. The van der Waals surface area contributed by atoms with E-state index in [0.717, 1.165) is 37.4 Å². The monoisotopic (exact) mass is 305 g/mol. The van der Waals surface area contributed by atoms with Crippen LogP contribution in [0.4, 0.5) is 10.7 Å². The van der Waals surface area contributed by atoms with Crippen molar-refractivity contribution in [1.82, 2.24) is 4.90 Å². The Balaban J connectivity index is 1.68. The lowest BCUT2D eigenvalue weighted by Gasteiger charge is -2.25. The third-order valence-electron chi connectivity index (χ3n) is 3.98. The van der Waals surface area contributed by atoms with E-state index in [1.807, 2.05) is 0 Å². The number of nitrogens with one attached hydrogen (secondary N) is 1. The molecule has 0 unspecified atom stereocenters. The summed E-state index contributed by atoms with van der Waals surface area (Å²) in [6.45, 7) is 10.7. The quantitative estimate of drug-likeness (QED) is 0.873. The highest BCUT2D eigenvalue weighted by Gasteiger charge is 2.22. The van der Waals surface area contributed by atoms with Crippen molar-refractivity contribution in [1.29, 1.82) is 0 Å². The molecule has 1 aliphatic heterocycles. The van der Waals surface area contributed by atoms with Gasteiger partial charge in [-0.1, -0.05) is 6.42 Å². The van der Waals surface area contributed by atoms with Crippen LogP contribution in [0.25, 0.3) is 4.85 Å². The molecule has 2 aliphatic rings. The minimum atomic E-state index is -0.0274. The third-order valence-corrected chi connectivity index (χ3v) is 5.18. The highest BCUT2D eigenvalue weighted by Crippen LogP contribution is 2.43. The van der Waals surface area contributed by atoms with Gasteiger partial charge in [0.1, 0.15) is 5.00 Å². The van der Waals surface area contributed by atoms with Crippen molar-refractivity contribution in [3.8, 4) is 0 Å². The Morgan fingerprint density at radius 3 is 2.86 bits per heavy atom. The lowest BCUT2D eigenvalue weighted by molar-refractivity contribution is -0.118. The third kappa shape index (κ3) is 3.26. The predicted molar refractivity (Wildman–Crippen MR) is 83.1 cm³/mol. The summed E-state index contributed by atoms with van der Waals surface area (Å²) >= 11 is 1.59. The van der Waals surface area contributed by atoms with Gasteiger partial charge in [-0.2, -0.15) is 0 Å². The molecule has 0 saturated carbocycles. The number of ether oxygens (including phenoxy) is 1. The molecule has 1 fully saturated rings. The molecule has 1 aromatic rings. The van der Waals surface area contributed by atoms with Gasteiger partial charge < -0.3 is 10.1 Å². The Kier molecular flexibility index (Phi) is 4.54. The molecule has 112 valence electrons. The number of carbonyl (C=O) groups excluding carboxylic acids is 1. The van der Waals surface area contributed by atoms with Crippen molar-refractivity contribution in [3.05, 3.63) is 21.9 Å². The van der Waals surface area contributed by atoms with E-state index in [4.69, 9.17) is 11.3 Å². The summed E-state index contributed by atoms with van der Waals surface area (Å²) in [4.78, 5) is 19.2. The van der Waals surface area contributed by atoms with Crippen LogP contribution in [0.1, 0.15) is 23.3 Å². The highest BCUT2D eigenvalue weighted by molar-refractivity contribution is 7.17. The molecule has 0 radical (unpaired) electrons. The van der Waals surface area contributed by atoms with Gasteiger partial charge in [-0.15, -0.1) is 11.3 Å². The summed E-state index contributed by atoms with van der Waals surface area (Å²) < 4.78 is 5.28. The summed E-state index contributed by atoms with van der Waals surface area (Å²) in [7, 11) is 0. The molecule has 1 saturated heterocycles. The molecule has 1 N–H and O–H groups in total. The molecule has 1 amide bonds. The topological polar surface area (TPSA) is 45.9 Å². The molecule has 0 bridgehead atoms. The molecule has 6 heteroatoms. The van der Waals surface area contributed by atoms with Crippen molar-refractivity contribution in [2.24, 2.45) is 0 Å². The second-order valence-corrected chi connectivity index (χ2v) is 6.54. The van der Waals surface area contributed by atoms with Gasteiger partial charge in [-0.25, -0.2) is 4.85 Å². The maximum Gasteiger partial charge on any atom is 0.238 e. The SMILES string of the molecule is [C-]#[N+]c1c(NC(=O)CN2CCOCC2)sc2c1CCCC2. The van der Waals surface area contributed by atoms with Gasteiger partial charge >= 0.3 is 0 Å². The second kappa shape index (κ2) is 6.56. The number of hydrogen-bond donors (Lipinski definition) is 1. The molecule has 0 spiro atoms. The van der Waals surface area contributed by atoms with Crippen LogP contribution < -0.4 is 5.32 Å². The van der Waals surface area contributed by atoms with E-state index < -0.39 is 0 Å². The fraction of sp³-hybridized carbons (Fsp3) is 0.600. The first-order valence-electron chi connectivity index (χ1n) is 7.40. The summed E-state index contributed by atoms with van der Waals surface area (Å²) in [5, 5.41) is 3.69. The molecular weight excluding hydrogens is 286 g/mol. The van der Waals surface area contributed by atoms with Gasteiger partial charge in [0.25, 0.3) is 0 Å². The van der Waals surface area contributed by atoms with Crippen LogP contribution in [-0.2, 0) is 22.4 Å². The number of morpholine rings is 1. The number of thiophene rings is 1. The largest absolute Gasteiger partial charge is 0.379 e. The molecular formula is C15H19N3O2S. The van der Waals surface area contributed by atoms with E-state index >= 15 is 0 Å². The number of carbonyl (C=O) groups is 1. The molecule has 1 aromatic heterocycles. The zero-order valence-electron chi connectivity index (χ0n) is 12.0. The molecule has 3 rings (SSSR count). The van der Waals surface area contributed by atoms with Crippen molar-refractivity contribution < 1.29 is 9.53 Å². The first-order valence-corrected chi connectivity index (χ1v) is 8.21. The molecule has 2 heterocycles. The number of hydrogen-bond acceptors (Lipinski definition) is 4. The Hall–Kier alpha value is -1.42. The fourth-order valence-electron chi connectivity index (χ4n) is 2.88. The smallest absolute Gasteiger partial charge is 0.238 e.